The predicted molar refractivity (Wildman–Crippen MR) is 173 cm³/mol. The van der Waals surface area contributed by atoms with Gasteiger partial charge in [0.25, 0.3) is 0 Å². The lowest BCUT2D eigenvalue weighted by Gasteiger charge is -2.29. The Hall–Kier alpha value is -3.44. The third-order valence-corrected chi connectivity index (χ3v) is 8.65. The number of carbonyl (C=O) groups is 1. The van der Waals surface area contributed by atoms with E-state index in [0.29, 0.717) is 41.2 Å². The van der Waals surface area contributed by atoms with Crippen molar-refractivity contribution in [2.45, 2.75) is 84.0 Å². The first-order valence-electron chi connectivity index (χ1n) is 16.0. The van der Waals surface area contributed by atoms with Crippen LogP contribution >= 0.6 is 0 Å². The molecule has 0 radical (unpaired) electrons. The number of aliphatic hydroxyl groups excluding tert-OH is 1. The van der Waals surface area contributed by atoms with E-state index < -0.39 is 5.97 Å². The molecule has 0 atom stereocenters. The summed E-state index contributed by atoms with van der Waals surface area (Å²) in [4.78, 5) is 11.7. The van der Waals surface area contributed by atoms with Crippen molar-refractivity contribution in [1.29, 1.82) is 0 Å². The first-order valence-corrected chi connectivity index (χ1v) is 16.0. The van der Waals surface area contributed by atoms with Crippen molar-refractivity contribution in [3.63, 3.8) is 0 Å². The Balaban J connectivity index is 1.42. The third-order valence-electron chi connectivity index (χ3n) is 8.65. The van der Waals surface area contributed by atoms with Crippen LogP contribution in [0.25, 0.3) is 22.3 Å². The normalized spacial score (nSPS) is 16.6. The maximum atomic E-state index is 15.5. The summed E-state index contributed by atoms with van der Waals surface area (Å²) in [5, 5.41) is 9.30. The van der Waals surface area contributed by atoms with Gasteiger partial charge in [0.05, 0.1) is 0 Å². The zero-order valence-electron chi connectivity index (χ0n) is 25.9. The molecule has 3 aromatic carbocycles. The number of esters is 1. The van der Waals surface area contributed by atoms with Crippen LogP contribution in [-0.2, 0) is 16.0 Å². The Morgan fingerprint density at radius 1 is 0.907 bits per heavy atom. The molecule has 230 valence electrons. The summed E-state index contributed by atoms with van der Waals surface area (Å²) in [6, 6.07) is 19.7. The molecule has 0 spiro atoms. The van der Waals surface area contributed by atoms with Gasteiger partial charge < -0.3 is 14.6 Å². The van der Waals surface area contributed by atoms with E-state index in [1.165, 1.54) is 56.9 Å². The molecule has 0 saturated heterocycles. The number of ether oxygens (including phenoxy) is 2. The van der Waals surface area contributed by atoms with E-state index in [-0.39, 0.29) is 25.6 Å². The van der Waals surface area contributed by atoms with Crippen molar-refractivity contribution in [3.05, 3.63) is 89.8 Å². The fourth-order valence-electron chi connectivity index (χ4n) is 6.09. The van der Waals surface area contributed by atoms with Crippen molar-refractivity contribution in [3.8, 4) is 28.0 Å². The van der Waals surface area contributed by atoms with Gasteiger partial charge in [0, 0.05) is 17.7 Å². The Morgan fingerprint density at radius 3 is 2.30 bits per heavy atom. The highest BCUT2D eigenvalue weighted by molar-refractivity contribution is 5.86. The molecule has 5 heteroatoms. The molecule has 4 rings (SSSR count). The number of benzene rings is 3. The second-order valence-corrected chi connectivity index (χ2v) is 11.9. The molecule has 0 aliphatic heterocycles. The molecule has 1 N–H and O–H groups in total. The number of halogens is 1. The quantitative estimate of drug-likeness (QED) is 0.109. The highest BCUT2D eigenvalue weighted by atomic mass is 19.1. The van der Waals surface area contributed by atoms with Gasteiger partial charge in [0.1, 0.15) is 24.8 Å². The van der Waals surface area contributed by atoms with Crippen LogP contribution in [0.15, 0.2) is 72.8 Å². The fraction of sp³-hybridized carbons (Fsp3) is 0.447. The molecular formula is C38H47FO4. The monoisotopic (exact) mass is 586 g/mol. The number of aliphatic hydroxyl groups is 1. The number of hydrogen-bond donors (Lipinski definition) is 1. The van der Waals surface area contributed by atoms with Gasteiger partial charge in [-0.3, -0.25) is 0 Å². The molecular weight excluding hydrogens is 539 g/mol. The topological polar surface area (TPSA) is 55.8 Å². The SMILES string of the molecule is C=C(C)C(=O)OCCOc1cc(-c2ccc(-c3ccc(C4CCC(CCCCC)CC4)cc3)cc2F)ccc1CCCO. The van der Waals surface area contributed by atoms with Gasteiger partial charge in [0.15, 0.2) is 0 Å². The minimum absolute atomic E-state index is 0.0642. The molecule has 1 aliphatic rings. The summed E-state index contributed by atoms with van der Waals surface area (Å²) in [7, 11) is 0. The van der Waals surface area contributed by atoms with Crippen LogP contribution in [0.2, 0.25) is 0 Å². The lowest BCUT2D eigenvalue weighted by atomic mass is 9.77. The number of carbonyl (C=O) groups excluding carboxylic acids is 1. The minimum atomic E-state index is -0.463. The first kappa shape index (κ1) is 32.5. The highest BCUT2D eigenvalue weighted by Gasteiger charge is 2.22. The van der Waals surface area contributed by atoms with E-state index in [0.717, 1.165) is 22.6 Å². The Kier molecular flexibility index (Phi) is 12.4. The molecule has 0 heterocycles. The summed E-state index contributed by atoms with van der Waals surface area (Å²) >= 11 is 0. The molecule has 3 aromatic rings. The van der Waals surface area contributed by atoms with Crippen molar-refractivity contribution < 1.29 is 23.8 Å². The van der Waals surface area contributed by atoms with Crippen LogP contribution in [0.1, 0.15) is 88.7 Å². The summed E-state index contributed by atoms with van der Waals surface area (Å²) in [5.74, 6) is 1.36. The van der Waals surface area contributed by atoms with E-state index in [4.69, 9.17) is 9.47 Å². The van der Waals surface area contributed by atoms with Gasteiger partial charge in [-0.15, -0.1) is 0 Å². The zero-order chi connectivity index (χ0) is 30.6. The Morgan fingerprint density at radius 2 is 1.63 bits per heavy atom. The number of aryl methyl sites for hydroxylation is 1. The lowest BCUT2D eigenvalue weighted by molar-refractivity contribution is -0.139. The van der Waals surface area contributed by atoms with Gasteiger partial charge in [-0.25, -0.2) is 9.18 Å². The van der Waals surface area contributed by atoms with E-state index >= 15 is 4.39 Å². The molecule has 4 nitrogen and oxygen atoms in total. The average Bonchev–Trinajstić information content (AvgIpc) is 3.02. The molecule has 0 unspecified atom stereocenters. The van der Waals surface area contributed by atoms with E-state index in [9.17, 15) is 9.90 Å². The minimum Gasteiger partial charge on any atom is -0.490 e. The number of unbranched alkanes of at least 4 members (excludes halogenated alkanes) is 2. The Bertz CT molecular complexity index is 1340. The van der Waals surface area contributed by atoms with Crippen LogP contribution in [0.5, 0.6) is 5.75 Å². The molecule has 43 heavy (non-hydrogen) atoms. The summed E-state index contributed by atoms with van der Waals surface area (Å²) < 4.78 is 26.6. The third kappa shape index (κ3) is 9.27. The number of hydrogen-bond acceptors (Lipinski definition) is 4. The van der Waals surface area contributed by atoms with E-state index in [1.807, 2.05) is 30.3 Å². The van der Waals surface area contributed by atoms with Crippen molar-refractivity contribution in [1.82, 2.24) is 0 Å². The summed E-state index contributed by atoms with van der Waals surface area (Å²) in [6.45, 7) is 7.75. The second kappa shape index (κ2) is 16.4. The maximum Gasteiger partial charge on any atom is 0.333 e. The molecule has 0 bridgehead atoms. The largest absolute Gasteiger partial charge is 0.490 e. The first-order chi connectivity index (χ1) is 20.9. The Labute approximate surface area is 256 Å². The van der Waals surface area contributed by atoms with Crippen LogP contribution < -0.4 is 4.74 Å². The number of rotatable bonds is 15. The molecule has 0 amide bonds. The summed E-state index contributed by atoms with van der Waals surface area (Å²) in [6.07, 6.45) is 11.8. The highest BCUT2D eigenvalue weighted by Crippen LogP contribution is 2.39. The van der Waals surface area contributed by atoms with Gasteiger partial charge in [-0.05, 0) is 97.2 Å². The standard InChI is InChI=1S/C38H47FO4/c1-4-5-6-8-28-10-12-29(13-11-28)30-14-16-31(17-15-30)33-20-21-35(36(39)25-33)34-19-18-32(9-7-22-40)37(26-34)42-23-24-43-38(41)27(2)3/h14-21,25-26,28-29,40H,2,4-13,22-24H2,1,3H3. The van der Waals surface area contributed by atoms with Crippen molar-refractivity contribution >= 4 is 5.97 Å². The van der Waals surface area contributed by atoms with Crippen LogP contribution in [0, 0.1) is 11.7 Å². The lowest BCUT2D eigenvalue weighted by Crippen LogP contribution is -2.13. The molecule has 1 saturated carbocycles. The van der Waals surface area contributed by atoms with Crippen molar-refractivity contribution in [2.24, 2.45) is 5.92 Å². The fourth-order valence-corrected chi connectivity index (χ4v) is 6.09. The smallest absolute Gasteiger partial charge is 0.333 e. The molecule has 1 aliphatic carbocycles. The van der Waals surface area contributed by atoms with Crippen molar-refractivity contribution in [2.75, 3.05) is 19.8 Å². The summed E-state index contributed by atoms with van der Waals surface area (Å²) in [5.41, 5.74) is 5.69. The maximum absolute atomic E-state index is 15.5. The molecule has 0 aromatic heterocycles. The van der Waals surface area contributed by atoms with Crippen LogP contribution in [0.4, 0.5) is 4.39 Å². The van der Waals surface area contributed by atoms with Gasteiger partial charge in [-0.1, -0.05) is 87.7 Å². The van der Waals surface area contributed by atoms with Crippen LogP contribution in [-0.4, -0.2) is 30.9 Å². The van der Waals surface area contributed by atoms with Crippen LogP contribution in [0.3, 0.4) is 0 Å². The van der Waals surface area contributed by atoms with E-state index in [1.54, 1.807) is 13.0 Å². The van der Waals surface area contributed by atoms with Gasteiger partial charge >= 0.3 is 5.97 Å². The molecule has 1 fully saturated rings. The zero-order valence-corrected chi connectivity index (χ0v) is 25.9. The van der Waals surface area contributed by atoms with Gasteiger partial charge in [0.2, 0.25) is 0 Å². The predicted octanol–water partition coefficient (Wildman–Crippen LogP) is 9.44. The average molecular weight is 587 g/mol. The van der Waals surface area contributed by atoms with Gasteiger partial charge in [-0.2, -0.15) is 0 Å². The van der Waals surface area contributed by atoms with E-state index in [2.05, 4.69) is 37.8 Å². The second-order valence-electron chi connectivity index (χ2n) is 11.9.